The normalized spacial score (nSPS) is 16.2. The summed E-state index contributed by atoms with van der Waals surface area (Å²) in [6.45, 7) is 8.64. The van der Waals surface area contributed by atoms with E-state index in [1.165, 1.54) is 11.8 Å². The van der Waals surface area contributed by atoms with Crippen molar-refractivity contribution in [3.8, 4) is 0 Å². The summed E-state index contributed by atoms with van der Waals surface area (Å²) in [6, 6.07) is 8.77. The van der Waals surface area contributed by atoms with Gasteiger partial charge in [-0.15, -0.1) is 0 Å². The molecule has 2 aromatic rings. The van der Waals surface area contributed by atoms with Crippen molar-refractivity contribution in [2.75, 3.05) is 36.8 Å². The zero-order valence-electron chi connectivity index (χ0n) is 19.1. The number of anilines is 1. The molecular formula is C23H29Cl2N5O2S. The van der Waals surface area contributed by atoms with Crippen molar-refractivity contribution >= 4 is 52.6 Å². The van der Waals surface area contributed by atoms with Gasteiger partial charge in [0.15, 0.2) is 5.16 Å². The van der Waals surface area contributed by atoms with Crippen molar-refractivity contribution in [1.82, 2.24) is 20.2 Å². The molecule has 0 aliphatic carbocycles. The lowest BCUT2D eigenvalue weighted by Crippen LogP contribution is -2.54. The van der Waals surface area contributed by atoms with Crippen LogP contribution in [0.25, 0.3) is 0 Å². The van der Waals surface area contributed by atoms with Crippen molar-refractivity contribution in [3.05, 3.63) is 46.1 Å². The van der Waals surface area contributed by atoms with Gasteiger partial charge in [0, 0.05) is 38.3 Å². The number of amides is 2. The van der Waals surface area contributed by atoms with E-state index < -0.39 is 0 Å². The van der Waals surface area contributed by atoms with Gasteiger partial charge in [0.25, 0.3) is 5.91 Å². The first kappa shape index (κ1) is 25.6. The second kappa shape index (κ2) is 11.9. The van der Waals surface area contributed by atoms with Gasteiger partial charge in [0.05, 0.1) is 16.3 Å². The monoisotopic (exact) mass is 509 g/mol. The molecule has 1 aliphatic heterocycles. The number of carbonyl (C=O) groups excluding carboxylic acids is 2. The van der Waals surface area contributed by atoms with Gasteiger partial charge in [-0.1, -0.05) is 60.9 Å². The molecule has 1 unspecified atom stereocenters. The van der Waals surface area contributed by atoms with Crippen molar-refractivity contribution in [1.29, 1.82) is 0 Å². The molecule has 1 fully saturated rings. The average Bonchev–Trinajstić information content (AvgIpc) is 2.77. The van der Waals surface area contributed by atoms with E-state index >= 15 is 0 Å². The maximum Gasteiger partial charge on any atom is 0.255 e. The fourth-order valence-corrected chi connectivity index (χ4v) is 4.68. The van der Waals surface area contributed by atoms with Crippen LogP contribution in [0.3, 0.4) is 0 Å². The summed E-state index contributed by atoms with van der Waals surface area (Å²) in [6.07, 6.45) is 0.942. The quantitative estimate of drug-likeness (QED) is 0.323. The predicted octanol–water partition coefficient (Wildman–Crippen LogP) is 4.39. The number of carbonyl (C=O) groups is 2. The van der Waals surface area contributed by atoms with Gasteiger partial charge >= 0.3 is 0 Å². The molecule has 10 heteroatoms. The first-order valence-corrected chi connectivity index (χ1v) is 12.7. The standard InChI is InChI=1S/C23H29Cl2N5O2S/c1-15(2)8-9-26-21(31)14-33-23-27-19(25)12-20(28-23)29-10-11-30(16(3)13-29)22(32)17-6-4-5-7-18(17)24/h4-7,12,15-16H,8-11,13-14H2,1-3H3,(H,26,31). The minimum Gasteiger partial charge on any atom is -0.355 e. The Balaban J connectivity index is 1.60. The van der Waals surface area contributed by atoms with Gasteiger partial charge in [-0.25, -0.2) is 9.97 Å². The van der Waals surface area contributed by atoms with E-state index in [0.717, 1.165) is 6.42 Å². The minimum atomic E-state index is -0.0757. The van der Waals surface area contributed by atoms with Crippen LogP contribution in [0, 0.1) is 5.92 Å². The van der Waals surface area contributed by atoms with Crippen LogP contribution in [-0.2, 0) is 4.79 Å². The van der Waals surface area contributed by atoms with Crippen molar-refractivity contribution in [2.24, 2.45) is 5.92 Å². The molecule has 178 valence electrons. The van der Waals surface area contributed by atoms with Crippen LogP contribution in [0.2, 0.25) is 10.2 Å². The summed E-state index contributed by atoms with van der Waals surface area (Å²) in [4.78, 5) is 37.8. The molecule has 0 spiro atoms. The highest BCUT2D eigenvalue weighted by molar-refractivity contribution is 7.99. The number of hydrogen-bond acceptors (Lipinski definition) is 6. The van der Waals surface area contributed by atoms with Gasteiger partial charge < -0.3 is 15.1 Å². The number of halogens is 2. The first-order valence-electron chi connectivity index (χ1n) is 11.0. The van der Waals surface area contributed by atoms with Crippen LogP contribution in [-0.4, -0.2) is 64.7 Å². The van der Waals surface area contributed by atoms with Crippen LogP contribution in [0.4, 0.5) is 5.82 Å². The maximum absolute atomic E-state index is 13.0. The summed E-state index contributed by atoms with van der Waals surface area (Å²) in [5.41, 5.74) is 0.509. The van der Waals surface area contributed by atoms with Gasteiger partial charge in [-0.2, -0.15) is 0 Å². The van der Waals surface area contributed by atoms with Gasteiger partial charge in [-0.05, 0) is 31.4 Å². The topological polar surface area (TPSA) is 78.4 Å². The minimum absolute atomic E-state index is 0.0425. The van der Waals surface area contributed by atoms with Gasteiger partial charge in [0.1, 0.15) is 11.0 Å². The molecule has 0 bridgehead atoms. The number of hydrogen-bond donors (Lipinski definition) is 1. The number of nitrogens with one attached hydrogen (secondary N) is 1. The van der Waals surface area contributed by atoms with Crippen LogP contribution in [0.1, 0.15) is 37.6 Å². The molecule has 2 amide bonds. The molecule has 2 heterocycles. The Hall–Kier alpha value is -2.03. The van der Waals surface area contributed by atoms with Gasteiger partial charge in [0.2, 0.25) is 5.91 Å². The fourth-order valence-electron chi connectivity index (χ4n) is 3.55. The molecule has 33 heavy (non-hydrogen) atoms. The second-order valence-corrected chi connectivity index (χ2v) is 10.2. The lowest BCUT2D eigenvalue weighted by molar-refractivity contribution is -0.118. The predicted molar refractivity (Wildman–Crippen MR) is 134 cm³/mol. The molecule has 3 rings (SSSR count). The summed E-state index contributed by atoms with van der Waals surface area (Å²) in [7, 11) is 0. The molecule has 1 N–H and O–H groups in total. The van der Waals surface area contributed by atoms with Crippen LogP contribution in [0.5, 0.6) is 0 Å². The van der Waals surface area contributed by atoms with Crippen LogP contribution >= 0.6 is 35.0 Å². The summed E-state index contributed by atoms with van der Waals surface area (Å²) in [5, 5.41) is 4.14. The number of aromatic nitrogens is 2. The Morgan fingerprint density at radius 2 is 1.97 bits per heavy atom. The molecule has 1 atom stereocenters. The van der Waals surface area contributed by atoms with E-state index in [1.54, 1.807) is 18.2 Å². The van der Waals surface area contributed by atoms with E-state index in [4.69, 9.17) is 23.2 Å². The Bertz CT molecular complexity index is 991. The lowest BCUT2D eigenvalue weighted by Gasteiger charge is -2.40. The molecular weight excluding hydrogens is 481 g/mol. The highest BCUT2D eigenvalue weighted by Crippen LogP contribution is 2.25. The van der Waals surface area contributed by atoms with Crippen molar-refractivity contribution in [3.63, 3.8) is 0 Å². The highest BCUT2D eigenvalue weighted by atomic mass is 35.5. The Morgan fingerprint density at radius 1 is 1.21 bits per heavy atom. The second-order valence-electron chi connectivity index (χ2n) is 8.43. The lowest BCUT2D eigenvalue weighted by atomic mass is 10.1. The third kappa shape index (κ3) is 7.22. The number of nitrogens with zero attached hydrogens (tertiary/aromatic N) is 4. The Kier molecular flexibility index (Phi) is 9.23. The molecule has 1 aliphatic rings. The number of rotatable bonds is 8. The van der Waals surface area contributed by atoms with Crippen LogP contribution < -0.4 is 10.2 Å². The summed E-state index contributed by atoms with van der Waals surface area (Å²) < 4.78 is 0. The Labute approximate surface area is 209 Å². The largest absolute Gasteiger partial charge is 0.355 e. The smallest absolute Gasteiger partial charge is 0.255 e. The first-order chi connectivity index (χ1) is 15.7. The summed E-state index contributed by atoms with van der Waals surface area (Å²) in [5.74, 6) is 1.34. The average molecular weight is 510 g/mol. The van der Waals surface area contributed by atoms with E-state index in [-0.39, 0.29) is 23.6 Å². The third-order valence-electron chi connectivity index (χ3n) is 5.35. The molecule has 1 saturated heterocycles. The van der Waals surface area contributed by atoms with E-state index in [1.807, 2.05) is 24.0 Å². The number of benzene rings is 1. The van der Waals surface area contributed by atoms with E-state index in [2.05, 4.69) is 34.0 Å². The van der Waals surface area contributed by atoms with Crippen molar-refractivity contribution in [2.45, 2.75) is 38.4 Å². The summed E-state index contributed by atoms with van der Waals surface area (Å²) >= 11 is 13.7. The number of thioether (sulfide) groups is 1. The fraction of sp³-hybridized carbons (Fsp3) is 0.478. The van der Waals surface area contributed by atoms with E-state index in [9.17, 15) is 9.59 Å². The molecule has 7 nitrogen and oxygen atoms in total. The molecule has 1 aromatic heterocycles. The zero-order chi connectivity index (χ0) is 24.0. The highest BCUT2D eigenvalue weighted by Gasteiger charge is 2.30. The van der Waals surface area contributed by atoms with E-state index in [0.29, 0.717) is 58.8 Å². The molecule has 0 saturated carbocycles. The molecule has 0 radical (unpaired) electrons. The van der Waals surface area contributed by atoms with Gasteiger partial charge in [-0.3, -0.25) is 9.59 Å². The van der Waals surface area contributed by atoms with Crippen molar-refractivity contribution < 1.29 is 9.59 Å². The zero-order valence-corrected chi connectivity index (χ0v) is 21.4. The molecule has 1 aromatic carbocycles. The van der Waals surface area contributed by atoms with Crippen LogP contribution in [0.15, 0.2) is 35.5 Å². The number of piperazine rings is 1. The SMILES string of the molecule is CC(C)CCNC(=O)CSc1nc(Cl)cc(N2CCN(C(=O)c3ccccc3Cl)C(C)C2)n1. The Morgan fingerprint density at radius 3 is 2.67 bits per heavy atom. The maximum atomic E-state index is 13.0. The third-order valence-corrected chi connectivity index (χ3v) is 6.72.